The average Bonchev–Trinajstić information content (AvgIpc) is 2.63. The summed E-state index contributed by atoms with van der Waals surface area (Å²) in [5, 5.41) is 3.06. The molecule has 0 saturated carbocycles. The molecule has 1 unspecified atom stereocenters. The van der Waals surface area contributed by atoms with Gasteiger partial charge in [0.05, 0.1) is 19.3 Å². The highest BCUT2D eigenvalue weighted by Crippen LogP contribution is 2.22. The number of rotatable bonds is 5. The molecule has 25 heavy (non-hydrogen) atoms. The van der Waals surface area contributed by atoms with E-state index in [1.165, 1.54) is 11.1 Å². The summed E-state index contributed by atoms with van der Waals surface area (Å²) >= 11 is 0. The highest BCUT2D eigenvalue weighted by atomic mass is 16.5. The van der Waals surface area contributed by atoms with E-state index in [1.54, 1.807) is 24.3 Å². The Morgan fingerprint density at radius 2 is 1.96 bits per heavy atom. The van der Waals surface area contributed by atoms with E-state index in [-0.39, 0.29) is 11.9 Å². The van der Waals surface area contributed by atoms with Crippen molar-refractivity contribution in [3.05, 3.63) is 65.2 Å². The van der Waals surface area contributed by atoms with E-state index in [2.05, 4.69) is 41.4 Å². The Balaban J connectivity index is 1.74. The standard InChI is InChI=1S/C20H25N3O2/c1-15-4-2-5-16(12-15)19(23-8-10-25-11-9-23)14-22-20(24)17-6-3-7-18(21)13-17/h2-7,12-13,19H,8-11,14,21H2,1H3,(H,22,24). The molecule has 3 N–H and O–H groups in total. The molecule has 0 radical (unpaired) electrons. The van der Waals surface area contributed by atoms with Gasteiger partial charge in [-0.25, -0.2) is 0 Å². The van der Waals surface area contributed by atoms with Crippen LogP contribution in [0.15, 0.2) is 48.5 Å². The number of anilines is 1. The maximum Gasteiger partial charge on any atom is 0.251 e. The van der Waals surface area contributed by atoms with Gasteiger partial charge in [0.1, 0.15) is 0 Å². The first-order chi connectivity index (χ1) is 12.1. The van der Waals surface area contributed by atoms with Crippen molar-refractivity contribution in [3.8, 4) is 0 Å². The lowest BCUT2D eigenvalue weighted by Crippen LogP contribution is -2.43. The molecule has 1 fully saturated rings. The summed E-state index contributed by atoms with van der Waals surface area (Å²) in [7, 11) is 0. The summed E-state index contributed by atoms with van der Waals surface area (Å²) in [5.74, 6) is -0.0989. The van der Waals surface area contributed by atoms with Crippen molar-refractivity contribution >= 4 is 11.6 Å². The summed E-state index contributed by atoms with van der Waals surface area (Å²) in [6.45, 7) is 5.83. The Morgan fingerprint density at radius 1 is 1.20 bits per heavy atom. The minimum Gasteiger partial charge on any atom is -0.399 e. The molecule has 5 heteroatoms. The van der Waals surface area contributed by atoms with Gasteiger partial charge in [-0.1, -0.05) is 35.9 Å². The van der Waals surface area contributed by atoms with Crippen molar-refractivity contribution in [2.24, 2.45) is 0 Å². The molecule has 0 aromatic heterocycles. The van der Waals surface area contributed by atoms with Crippen molar-refractivity contribution in [1.29, 1.82) is 0 Å². The monoisotopic (exact) mass is 339 g/mol. The van der Waals surface area contributed by atoms with Crippen LogP contribution >= 0.6 is 0 Å². The minimum absolute atomic E-state index is 0.0989. The molecule has 132 valence electrons. The molecule has 3 rings (SSSR count). The Bertz CT molecular complexity index is 726. The number of carbonyl (C=O) groups excluding carboxylic acids is 1. The van der Waals surface area contributed by atoms with Gasteiger partial charge < -0.3 is 15.8 Å². The number of aryl methyl sites for hydroxylation is 1. The van der Waals surface area contributed by atoms with Crippen LogP contribution in [0.2, 0.25) is 0 Å². The van der Waals surface area contributed by atoms with Crippen LogP contribution in [0.1, 0.15) is 27.5 Å². The first-order valence-corrected chi connectivity index (χ1v) is 8.65. The van der Waals surface area contributed by atoms with E-state index in [9.17, 15) is 4.79 Å². The number of nitrogens with one attached hydrogen (secondary N) is 1. The number of carbonyl (C=O) groups is 1. The number of amides is 1. The van der Waals surface area contributed by atoms with E-state index >= 15 is 0 Å². The first kappa shape index (κ1) is 17.5. The fourth-order valence-corrected chi connectivity index (χ4v) is 3.20. The van der Waals surface area contributed by atoms with Crippen molar-refractivity contribution in [2.45, 2.75) is 13.0 Å². The van der Waals surface area contributed by atoms with E-state index in [1.807, 2.05) is 0 Å². The number of morpholine rings is 1. The predicted molar refractivity (Wildman–Crippen MR) is 99.5 cm³/mol. The van der Waals surface area contributed by atoms with Crippen LogP contribution in [-0.4, -0.2) is 43.7 Å². The van der Waals surface area contributed by atoms with E-state index < -0.39 is 0 Å². The van der Waals surface area contributed by atoms with Crippen molar-refractivity contribution in [2.75, 3.05) is 38.6 Å². The molecule has 0 spiro atoms. The molecule has 5 nitrogen and oxygen atoms in total. The molecule has 1 amide bonds. The molecule has 1 heterocycles. The molecule has 0 aliphatic carbocycles. The van der Waals surface area contributed by atoms with Crippen LogP contribution < -0.4 is 11.1 Å². The smallest absolute Gasteiger partial charge is 0.251 e. The Morgan fingerprint density at radius 3 is 2.68 bits per heavy atom. The van der Waals surface area contributed by atoms with Crippen LogP contribution in [0.5, 0.6) is 0 Å². The van der Waals surface area contributed by atoms with Gasteiger partial charge in [0.2, 0.25) is 0 Å². The Kier molecular flexibility index (Phi) is 5.68. The lowest BCUT2D eigenvalue weighted by Gasteiger charge is -2.35. The fraction of sp³-hybridized carbons (Fsp3) is 0.350. The van der Waals surface area contributed by atoms with Crippen molar-refractivity contribution in [1.82, 2.24) is 10.2 Å². The van der Waals surface area contributed by atoms with E-state index in [0.717, 1.165) is 26.3 Å². The zero-order chi connectivity index (χ0) is 17.6. The number of hydrogen-bond donors (Lipinski definition) is 2. The number of hydrogen-bond acceptors (Lipinski definition) is 4. The van der Waals surface area contributed by atoms with Gasteiger partial charge in [0.15, 0.2) is 0 Å². The maximum absolute atomic E-state index is 12.5. The third kappa shape index (κ3) is 4.59. The van der Waals surface area contributed by atoms with Gasteiger partial charge in [-0.15, -0.1) is 0 Å². The van der Waals surface area contributed by atoms with Crippen molar-refractivity contribution in [3.63, 3.8) is 0 Å². The van der Waals surface area contributed by atoms with Crippen LogP contribution in [-0.2, 0) is 4.74 Å². The summed E-state index contributed by atoms with van der Waals surface area (Å²) in [6, 6.07) is 15.7. The molecule has 0 bridgehead atoms. The lowest BCUT2D eigenvalue weighted by molar-refractivity contribution is 0.0162. The summed E-state index contributed by atoms with van der Waals surface area (Å²) < 4.78 is 5.47. The third-order valence-electron chi connectivity index (χ3n) is 4.52. The first-order valence-electron chi connectivity index (χ1n) is 8.65. The van der Waals surface area contributed by atoms with Crippen LogP contribution in [0.25, 0.3) is 0 Å². The molecule has 2 aromatic carbocycles. The number of nitrogen functional groups attached to an aromatic ring is 1. The van der Waals surface area contributed by atoms with Gasteiger partial charge in [-0.05, 0) is 30.7 Å². The zero-order valence-electron chi connectivity index (χ0n) is 14.6. The Labute approximate surface area is 148 Å². The second-order valence-corrected chi connectivity index (χ2v) is 6.41. The number of nitrogens with two attached hydrogens (primary N) is 1. The van der Waals surface area contributed by atoms with Crippen LogP contribution in [0.3, 0.4) is 0 Å². The summed E-state index contributed by atoms with van der Waals surface area (Å²) in [4.78, 5) is 14.8. The third-order valence-corrected chi connectivity index (χ3v) is 4.52. The van der Waals surface area contributed by atoms with Gasteiger partial charge in [0.25, 0.3) is 5.91 Å². The van der Waals surface area contributed by atoms with Gasteiger partial charge >= 0.3 is 0 Å². The van der Waals surface area contributed by atoms with E-state index in [4.69, 9.17) is 10.5 Å². The Hall–Kier alpha value is -2.37. The largest absolute Gasteiger partial charge is 0.399 e. The molecule has 2 aromatic rings. The zero-order valence-corrected chi connectivity index (χ0v) is 14.6. The second-order valence-electron chi connectivity index (χ2n) is 6.41. The quantitative estimate of drug-likeness (QED) is 0.821. The summed E-state index contributed by atoms with van der Waals surface area (Å²) in [5.41, 5.74) is 9.39. The van der Waals surface area contributed by atoms with Crippen molar-refractivity contribution < 1.29 is 9.53 Å². The maximum atomic E-state index is 12.5. The molecular weight excluding hydrogens is 314 g/mol. The fourth-order valence-electron chi connectivity index (χ4n) is 3.20. The number of ether oxygens (including phenoxy) is 1. The highest BCUT2D eigenvalue weighted by molar-refractivity contribution is 5.95. The molecule has 1 saturated heterocycles. The normalized spacial score (nSPS) is 16.4. The van der Waals surface area contributed by atoms with E-state index in [0.29, 0.717) is 17.8 Å². The molecular formula is C20H25N3O2. The molecule has 1 aliphatic heterocycles. The number of benzene rings is 2. The highest BCUT2D eigenvalue weighted by Gasteiger charge is 2.23. The topological polar surface area (TPSA) is 67.6 Å². The van der Waals surface area contributed by atoms with Crippen LogP contribution in [0.4, 0.5) is 5.69 Å². The SMILES string of the molecule is Cc1cccc(C(CNC(=O)c2cccc(N)c2)N2CCOCC2)c1. The molecule has 1 atom stereocenters. The predicted octanol–water partition coefficient (Wildman–Crippen LogP) is 2.38. The number of nitrogens with zero attached hydrogens (tertiary/aromatic N) is 1. The minimum atomic E-state index is -0.0989. The van der Waals surface area contributed by atoms with Crippen LogP contribution in [0, 0.1) is 6.92 Å². The van der Waals surface area contributed by atoms with Gasteiger partial charge in [-0.3, -0.25) is 9.69 Å². The second kappa shape index (κ2) is 8.14. The lowest BCUT2D eigenvalue weighted by atomic mass is 10.0. The molecule has 1 aliphatic rings. The van der Waals surface area contributed by atoms with Gasteiger partial charge in [0, 0.05) is 30.9 Å². The summed E-state index contributed by atoms with van der Waals surface area (Å²) in [6.07, 6.45) is 0. The average molecular weight is 339 g/mol. The van der Waals surface area contributed by atoms with Gasteiger partial charge in [-0.2, -0.15) is 0 Å².